The van der Waals surface area contributed by atoms with Crippen molar-refractivity contribution in [2.45, 2.75) is 71.1 Å². The number of carbonyl (C=O) groups excluding carboxylic acids is 1. The number of nitrogens with one attached hydrogen (secondary N) is 2. The number of piperidine rings is 1. The van der Waals surface area contributed by atoms with Gasteiger partial charge in [-0.05, 0) is 37.5 Å². The molecule has 138 valence electrons. The smallest absolute Gasteiger partial charge is 0.220 e. The Hall–Kier alpha value is -0.780. The summed E-state index contributed by atoms with van der Waals surface area (Å²) in [4.78, 5) is 16.6. The van der Waals surface area contributed by atoms with E-state index in [0.717, 1.165) is 25.2 Å². The van der Waals surface area contributed by atoms with Crippen molar-refractivity contribution in [2.24, 2.45) is 11.8 Å². The zero-order valence-electron chi connectivity index (χ0n) is 14.5. The van der Waals surface area contributed by atoms with Gasteiger partial charge in [0.1, 0.15) is 5.82 Å². The summed E-state index contributed by atoms with van der Waals surface area (Å²) >= 11 is 0. The molecule has 0 aromatic carbocycles. The molecule has 3 rings (SSSR count). The van der Waals surface area contributed by atoms with E-state index in [-0.39, 0.29) is 30.7 Å². The molecule has 0 saturated carbocycles. The molecule has 24 heavy (non-hydrogen) atoms. The van der Waals surface area contributed by atoms with Crippen LogP contribution >= 0.6 is 24.8 Å². The number of carbonyl (C=O) groups is 1. The van der Waals surface area contributed by atoms with Crippen LogP contribution in [0.15, 0.2) is 12.4 Å². The van der Waals surface area contributed by atoms with Crippen LogP contribution in [0.3, 0.4) is 0 Å². The van der Waals surface area contributed by atoms with Crippen LogP contribution in [0.5, 0.6) is 0 Å². The molecule has 1 aromatic heterocycles. The predicted molar refractivity (Wildman–Crippen MR) is 101 cm³/mol. The molecule has 2 bridgehead atoms. The van der Waals surface area contributed by atoms with Crippen LogP contribution in [-0.4, -0.2) is 27.5 Å². The average Bonchev–Trinajstić information content (AvgIpc) is 3.02. The number of hydrogen-bond acceptors (Lipinski definition) is 3. The summed E-state index contributed by atoms with van der Waals surface area (Å²) in [5.41, 5.74) is 0. The molecule has 2 N–H and O–H groups in total. The number of amides is 1. The van der Waals surface area contributed by atoms with Crippen LogP contribution in [0.25, 0.3) is 0 Å². The van der Waals surface area contributed by atoms with Gasteiger partial charge < -0.3 is 15.2 Å². The molecule has 2 fully saturated rings. The molecule has 0 aliphatic carbocycles. The second kappa shape index (κ2) is 9.64. The third kappa shape index (κ3) is 5.64. The van der Waals surface area contributed by atoms with E-state index in [9.17, 15) is 4.79 Å². The molecule has 2 atom stereocenters. The molecule has 0 spiro atoms. The Bertz CT molecular complexity index is 508. The molecule has 2 saturated heterocycles. The van der Waals surface area contributed by atoms with Gasteiger partial charge in [0.05, 0.1) is 6.54 Å². The highest BCUT2D eigenvalue weighted by molar-refractivity contribution is 5.85. The van der Waals surface area contributed by atoms with Crippen LogP contribution in [0.4, 0.5) is 0 Å². The molecule has 2 aliphatic heterocycles. The summed E-state index contributed by atoms with van der Waals surface area (Å²) in [5, 5.41) is 6.68. The largest absolute Gasteiger partial charge is 0.349 e. The summed E-state index contributed by atoms with van der Waals surface area (Å²) in [5.74, 6) is 2.25. The quantitative estimate of drug-likeness (QED) is 0.802. The zero-order chi connectivity index (χ0) is 15.5. The SMILES string of the molecule is CC(C)Cn1ccnc1CNC(=O)CC1CC2CCC(C1)N2.Cl.Cl. The number of hydrogen-bond donors (Lipinski definition) is 2. The highest BCUT2D eigenvalue weighted by Gasteiger charge is 2.34. The van der Waals surface area contributed by atoms with E-state index in [4.69, 9.17) is 0 Å². The number of halogens is 2. The van der Waals surface area contributed by atoms with Gasteiger partial charge >= 0.3 is 0 Å². The van der Waals surface area contributed by atoms with E-state index >= 15 is 0 Å². The summed E-state index contributed by atoms with van der Waals surface area (Å²) in [6, 6.07) is 1.31. The van der Waals surface area contributed by atoms with E-state index in [1.165, 1.54) is 12.8 Å². The summed E-state index contributed by atoms with van der Waals surface area (Å²) in [6.07, 6.45) is 9.36. The lowest BCUT2D eigenvalue weighted by Gasteiger charge is -2.28. The highest BCUT2D eigenvalue weighted by atomic mass is 35.5. The fourth-order valence-corrected chi connectivity index (χ4v) is 3.92. The van der Waals surface area contributed by atoms with Gasteiger partial charge in [0.15, 0.2) is 0 Å². The molecule has 3 heterocycles. The Morgan fingerprint density at radius 1 is 1.33 bits per heavy atom. The average molecular weight is 377 g/mol. The van der Waals surface area contributed by atoms with E-state index in [1.54, 1.807) is 0 Å². The monoisotopic (exact) mass is 376 g/mol. The Kier molecular flexibility index (Phi) is 8.54. The molecular formula is C17H30Cl2N4O. The molecule has 7 heteroatoms. The van der Waals surface area contributed by atoms with E-state index in [1.807, 2.05) is 12.4 Å². The summed E-state index contributed by atoms with van der Waals surface area (Å²) in [7, 11) is 0. The first-order valence-corrected chi connectivity index (χ1v) is 8.63. The Labute approximate surface area is 157 Å². The summed E-state index contributed by atoms with van der Waals surface area (Å²) < 4.78 is 2.13. The van der Waals surface area contributed by atoms with Crippen molar-refractivity contribution in [1.29, 1.82) is 0 Å². The van der Waals surface area contributed by atoms with E-state index in [0.29, 0.717) is 36.9 Å². The van der Waals surface area contributed by atoms with Crippen LogP contribution in [-0.2, 0) is 17.9 Å². The van der Waals surface area contributed by atoms with Crippen molar-refractivity contribution in [3.8, 4) is 0 Å². The Morgan fingerprint density at radius 3 is 2.62 bits per heavy atom. The van der Waals surface area contributed by atoms with Gasteiger partial charge in [0, 0.05) is 37.4 Å². The molecule has 1 aromatic rings. The Balaban J connectivity index is 0.00000144. The van der Waals surface area contributed by atoms with E-state index < -0.39 is 0 Å². The van der Waals surface area contributed by atoms with Gasteiger partial charge in [-0.1, -0.05) is 13.8 Å². The van der Waals surface area contributed by atoms with Crippen LogP contribution in [0.1, 0.15) is 51.8 Å². The first-order chi connectivity index (χ1) is 10.6. The first kappa shape index (κ1) is 21.3. The standard InChI is InChI=1S/C17H28N4O.2ClH/c1-12(2)11-21-6-5-18-16(21)10-19-17(22)9-13-7-14-3-4-15(8-13)20-14;;/h5-6,12-15,20H,3-4,7-11H2,1-2H3,(H,19,22);2*1H. The minimum atomic E-state index is 0. The molecular weight excluding hydrogens is 347 g/mol. The summed E-state index contributed by atoms with van der Waals surface area (Å²) in [6.45, 7) is 5.86. The van der Waals surface area contributed by atoms with Crippen LogP contribution in [0.2, 0.25) is 0 Å². The maximum Gasteiger partial charge on any atom is 0.220 e. The van der Waals surface area contributed by atoms with Crippen molar-refractivity contribution in [2.75, 3.05) is 0 Å². The van der Waals surface area contributed by atoms with Crippen molar-refractivity contribution in [1.82, 2.24) is 20.2 Å². The number of nitrogens with zero attached hydrogens (tertiary/aromatic N) is 2. The minimum Gasteiger partial charge on any atom is -0.349 e. The predicted octanol–water partition coefficient (Wildman–Crippen LogP) is 2.92. The third-order valence-electron chi connectivity index (χ3n) is 4.85. The van der Waals surface area contributed by atoms with Crippen LogP contribution < -0.4 is 10.6 Å². The lowest BCUT2D eigenvalue weighted by molar-refractivity contribution is -0.122. The van der Waals surface area contributed by atoms with Crippen LogP contribution in [0, 0.1) is 11.8 Å². The normalized spacial score (nSPS) is 25.0. The Morgan fingerprint density at radius 2 is 2.00 bits per heavy atom. The van der Waals surface area contributed by atoms with Crippen molar-refractivity contribution in [3.63, 3.8) is 0 Å². The molecule has 2 aliphatic rings. The second-order valence-corrected chi connectivity index (χ2v) is 7.35. The second-order valence-electron chi connectivity index (χ2n) is 7.35. The number of imidazole rings is 1. The fourth-order valence-electron chi connectivity index (χ4n) is 3.92. The lowest BCUT2D eigenvalue weighted by Crippen LogP contribution is -2.39. The fraction of sp³-hybridized carbons (Fsp3) is 0.765. The van der Waals surface area contributed by atoms with Gasteiger partial charge in [0.25, 0.3) is 0 Å². The molecule has 1 amide bonds. The topological polar surface area (TPSA) is 59.0 Å². The molecule has 2 unspecified atom stereocenters. The van der Waals surface area contributed by atoms with Gasteiger partial charge in [0.2, 0.25) is 5.91 Å². The third-order valence-corrected chi connectivity index (χ3v) is 4.85. The van der Waals surface area contributed by atoms with Gasteiger partial charge in [-0.25, -0.2) is 4.98 Å². The van der Waals surface area contributed by atoms with E-state index in [2.05, 4.69) is 34.0 Å². The van der Waals surface area contributed by atoms with Gasteiger partial charge in [-0.2, -0.15) is 0 Å². The van der Waals surface area contributed by atoms with Gasteiger partial charge in [-0.15, -0.1) is 24.8 Å². The minimum absolute atomic E-state index is 0. The van der Waals surface area contributed by atoms with Crippen molar-refractivity contribution in [3.05, 3.63) is 18.2 Å². The molecule has 0 radical (unpaired) electrons. The number of fused-ring (bicyclic) bond motifs is 2. The maximum absolute atomic E-state index is 12.2. The number of rotatable bonds is 6. The van der Waals surface area contributed by atoms with Crippen molar-refractivity contribution >= 4 is 30.7 Å². The maximum atomic E-state index is 12.2. The van der Waals surface area contributed by atoms with Gasteiger partial charge in [-0.3, -0.25) is 4.79 Å². The number of aromatic nitrogens is 2. The molecule has 5 nitrogen and oxygen atoms in total. The first-order valence-electron chi connectivity index (χ1n) is 8.63. The lowest BCUT2D eigenvalue weighted by atomic mass is 9.89. The van der Waals surface area contributed by atoms with Crippen molar-refractivity contribution < 1.29 is 4.79 Å². The zero-order valence-corrected chi connectivity index (χ0v) is 16.2. The highest BCUT2D eigenvalue weighted by Crippen LogP contribution is 2.32.